The number of hydrogen-bond donors (Lipinski definition) is 0. The van der Waals surface area contributed by atoms with E-state index >= 15 is 0 Å². The molecule has 0 spiro atoms. The van der Waals surface area contributed by atoms with Crippen molar-refractivity contribution in [3.63, 3.8) is 0 Å². The molecule has 4 heteroatoms. The second-order valence-corrected chi connectivity index (χ2v) is 12.0. The van der Waals surface area contributed by atoms with Gasteiger partial charge in [0.15, 0.2) is 0 Å². The topological polar surface area (TPSA) is 0 Å². The maximum absolute atomic E-state index is 2.42. The molecule has 0 aliphatic rings. The van der Waals surface area contributed by atoms with E-state index in [1.54, 1.807) is 0 Å². The van der Waals surface area contributed by atoms with Crippen molar-refractivity contribution in [2.24, 2.45) is 0 Å². The monoisotopic (exact) mass is 424 g/mol. The van der Waals surface area contributed by atoms with Crippen LogP contribution in [0.5, 0.6) is 0 Å². The summed E-state index contributed by atoms with van der Waals surface area (Å²) in [5.74, 6) is 0. The molecule has 5 rings (SSSR count). The summed E-state index contributed by atoms with van der Waals surface area (Å²) in [6.07, 6.45) is 1.06. The van der Waals surface area contributed by atoms with Gasteiger partial charge in [-0.25, -0.2) is 0 Å². The van der Waals surface area contributed by atoms with Crippen LogP contribution >= 0.6 is 45.3 Å². The van der Waals surface area contributed by atoms with Gasteiger partial charge in [0.2, 0.25) is 0 Å². The van der Waals surface area contributed by atoms with Crippen LogP contribution in [0.25, 0.3) is 29.9 Å². The van der Waals surface area contributed by atoms with Crippen molar-refractivity contribution >= 4 is 65.5 Å². The molecule has 136 valence electrons. The van der Waals surface area contributed by atoms with Crippen LogP contribution in [0.2, 0.25) is 0 Å². The first-order valence-corrected chi connectivity index (χ1v) is 12.3. The van der Waals surface area contributed by atoms with Crippen LogP contribution in [0, 0.1) is 27.7 Å². The quantitative estimate of drug-likeness (QED) is 0.271. The van der Waals surface area contributed by atoms with Gasteiger partial charge < -0.3 is 0 Å². The molecule has 1 aromatic carbocycles. The van der Waals surface area contributed by atoms with Gasteiger partial charge >= 0.3 is 0 Å². The Labute approximate surface area is 175 Å². The Morgan fingerprint density at radius 1 is 0.593 bits per heavy atom. The van der Waals surface area contributed by atoms with E-state index in [-0.39, 0.29) is 0 Å². The maximum Gasteiger partial charge on any atom is 0.0455 e. The largest absolute Gasteiger partial charge is 0.145 e. The summed E-state index contributed by atoms with van der Waals surface area (Å²) in [7, 11) is 0. The fraction of sp³-hybridized carbons (Fsp3) is 0.217. The Bertz CT molecular complexity index is 1230. The van der Waals surface area contributed by atoms with Crippen LogP contribution < -0.4 is 0 Å². The lowest BCUT2D eigenvalue weighted by Gasteiger charge is -2.03. The molecule has 27 heavy (non-hydrogen) atoms. The Morgan fingerprint density at radius 3 is 2.00 bits per heavy atom. The van der Waals surface area contributed by atoms with E-state index in [1.165, 1.54) is 60.6 Å². The van der Waals surface area contributed by atoms with Crippen molar-refractivity contribution in [2.75, 3.05) is 0 Å². The highest BCUT2D eigenvalue weighted by Crippen LogP contribution is 2.44. The van der Waals surface area contributed by atoms with Crippen molar-refractivity contribution in [3.05, 3.63) is 67.0 Å². The van der Waals surface area contributed by atoms with Crippen LogP contribution in [-0.2, 0) is 6.42 Å². The smallest absolute Gasteiger partial charge is 0.0455 e. The molecule has 0 aliphatic heterocycles. The molecule has 0 aliphatic carbocycles. The summed E-state index contributed by atoms with van der Waals surface area (Å²) in [6.45, 7) is 8.97. The lowest BCUT2D eigenvalue weighted by molar-refractivity contribution is 1.31. The molecule has 0 nitrogen and oxygen atoms in total. The van der Waals surface area contributed by atoms with E-state index in [0.29, 0.717) is 0 Å². The highest BCUT2D eigenvalue weighted by molar-refractivity contribution is 7.26. The van der Waals surface area contributed by atoms with Gasteiger partial charge in [-0.1, -0.05) is 0 Å². The van der Waals surface area contributed by atoms with Gasteiger partial charge in [0.05, 0.1) is 0 Å². The van der Waals surface area contributed by atoms with Crippen LogP contribution in [0.15, 0.2) is 36.4 Å². The van der Waals surface area contributed by atoms with Gasteiger partial charge in [-0.15, -0.1) is 45.3 Å². The summed E-state index contributed by atoms with van der Waals surface area (Å²) >= 11 is 7.74. The molecule has 0 unspecified atom stereocenters. The van der Waals surface area contributed by atoms with Gasteiger partial charge in [0.25, 0.3) is 0 Å². The molecule has 4 aromatic heterocycles. The average molecular weight is 425 g/mol. The lowest BCUT2D eigenvalue weighted by atomic mass is 10.0. The van der Waals surface area contributed by atoms with E-state index in [9.17, 15) is 0 Å². The fourth-order valence-electron chi connectivity index (χ4n) is 3.74. The molecule has 0 amide bonds. The first-order chi connectivity index (χ1) is 13.0. The van der Waals surface area contributed by atoms with E-state index in [4.69, 9.17) is 0 Å². The van der Waals surface area contributed by atoms with Crippen LogP contribution in [-0.4, -0.2) is 0 Å². The third-order valence-corrected chi connectivity index (χ3v) is 9.83. The predicted molar refractivity (Wildman–Crippen MR) is 127 cm³/mol. The highest BCUT2D eigenvalue weighted by Gasteiger charge is 2.16. The Balaban J connectivity index is 1.58. The predicted octanol–water partition coefficient (Wildman–Crippen LogP) is 8.73. The number of benzene rings is 1. The minimum atomic E-state index is 1.06. The fourth-order valence-corrected chi connectivity index (χ4v) is 8.17. The Hall–Kier alpha value is -1.46. The zero-order chi connectivity index (χ0) is 18.7. The molecule has 0 atom stereocenters. The first-order valence-electron chi connectivity index (χ1n) is 9.07. The third kappa shape index (κ3) is 2.99. The molecule has 0 radical (unpaired) electrons. The van der Waals surface area contributed by atoms with Crippen molar-refractivity contribution < 1.29 is 0 Å². The Morgan fingerprint density at radius 2 is 1.26 bits per heavy atom. The SMILES string of the molecule is Cc1ccc(Cc2ccc(-c3cc4c(C)c5sc(C)cc5c(C)c4s3)s2)s1. The highest BCUT2D eigenvalue weighted by atomic mass is 32.1. The minimum absolute atomic E-state index is 1.06. The molecule has 0 saturated heterocycles. The zero-order valence-corrected chi connectivity index (χ0v) is 19.1. The summed E-state index contributed by atoms with van der Waals surface area (Å²) < 4.78 is 2.92. The van der Waals surface area contributed by atoms with Crippen LogP contribution in [0.4, 0.5) is 0 Å². The number of hydrogen-bond acceptors (Lipinski definition) is 4. The van der Waals surface area contributed by atoms with Gasteiger partial charge in [-0.2, -0.15) is 0 Å². The van der Waals surface area contributed by atoms with Crippen molar-refractivity contribution in [1.82, 2.24) is 0 Å². The molecular weight excluding hydrogens is 405 g/mol. The van der Waals surface area contributed by atoms with Crippen molar-refractivity contribution in [3.8, 4) is 9.75 Å². The second-order valence-electron chi connectivity index (χ2n) is 7.16. The van der Waals surface area contributed by atoms with Crippen LogP contribution in [0.3, 0.4) is 0 Å². The third-order valence-electron chi connectivity index (χ3n) is 5.13. The van der Waals surface area contributed by atoms with Crippen molar-refractivity contribution in [2.45, 2.75) is 34.1 Å². The molecule has 5 aromatic rings. The maximum atomic E-state index is 2.42. The van der Waals surface area contributed by atoms with E-state index in [1.807, 2.05) is 45.3 Å². The first kappa shape index (κ1) is 17.6. The summed E-state index contributed by atoms with van der Waals surface area (Å²) in [4.78, 5) is 8.52. The minimum Gasteiger partial charge on any atom is -0.145 e. The van der Waals surface area contributed by atoms with Crippen molar-refractivity contribution in [1.29, 1.82) is 0 Å². The Kier molecular flexibility index (Phi) is 4.28. The molecule has 0 fully saturated rings. The molecule has 0 N–H and O–H groups in total. The van der Waals surface area contributed by atoms with Gasteiger partial charge in [0, 0.05) is 45.1 Å². The summed E-state index contributed by atoms with van der Waals surface area (Å²) in [5, 5.41) is 2.88. The summed E-state index contributed by atoms with van der Waals surface area (Å²) in [6, 6.07) is 13.9. The normalized spacial score (nSPS) is 11.9. The number of thiophene rings is 4. The lowest BCUT2D eigenvalue weighted by Crippen LogP contribution is -1.79. The average Bonchev–Trinajstić information content (AvgIpc) is 3.39. The number of fused-ring (bicyclic) bond motifs is 2. The molecular formula is C23H20S4. The molecule has 0 saturated carbocycles. The number of aryl methyl sites for hydroxylation is 4. The zero-order valence-electron chi connectivity index (χ0n) is 15.8. The molecule has 4 heterocycles. The second kappa shape index (κ2) is 6.56. The summed E-state index contributed by atoms with van der Waals surface area (Å²) in [5.41, 5.74) is 2.88. The van der Waals surface area contributed by atoms with Gasteiger partial charge in [-0.3, -0.25) is 0 Å². The van der Waals surface area contributed by atoms with E-state index in [2.05, 4.69) is 64.1 Å². The van der Waals surface area contributed by atoms with Crippen LogP contribution in [0.1, 0.15) is 30.6 Å². The molecule has 0 bridgehead atoms. The van der Waals surface area contributed by atoms with E-state index in [0.717, 1.165) is 6.42 Å². The standard InChI is InChI=1S/C23H20S4/c1-12-5-6-16(24-12)10-17-7-8-20(26-17)21-11-19-15(4)22-18(9-13(2)25-22)14(3)23(19)27-21/h5-9,11H,10H2,1-4H3. The van der Waals surface area contributed by atoms with E-state index < -0.39 is 0 Å². The van der Waals surface area contributed by atoms with Gasteiger partial charge in [-0.05, 0) is 86.0 Å². The number of rotatable bonds is 3. The van der Waals surface area contributed by atoms with Gasteiger partial charge in [0.1, 0.15) is 0 Å².